The first kappa shape index (κ1) is 8.88. The van der Waals surface area contributed by atoms with Crippen LogP contribution in [0.3, 0.4) is 0 Å². The van der Waals surface area contributed by atoms with Gasteiger partial charge in [0.15, 0.2) is 0 Å². The van der Waals surface area contributed by atoms with E-state index in [1.807, 2.05) is 6.08 Å². The van der Waals surface area contributed by atoms with Crippen molar-refractivity contribution in [1.82, 2.24) is 0 Å². The van der Waals surface area contributed by atoms with Crippen LogP contribution in [0.25, 0.3) is 6.08 Å². The van der Waals surface area contributed by atoms with Crippen LogP contribution in [-0.2, 0) is 5.75 Å². The molecule has 0 aliphatic heterocycles. The molecule has 1 heterocycles. The second-order valence-corrected chi connectivity index (χ2v) is 4.06. The van der Waals surface area contributed by atoms with Crippen LogP contribution in [0.4, 0.5) is 0 Å². The van der Waals surface area contributed by atoms with Crippen LogP contribution in [0.2, 0.25) is 0 Å². The number of thiol groups is 1. The molecule has 0 N–H and O–H groups in total. The maximum atomic E-state index is 4.27. The van der Waals surface area contributed by atoms with Gasteiger partial charge < -0.3 is 0 Å². The summed E-state index contributed by atoms with van der Waals surface area (Å²) in [6, 6.07) is 0. The van der Waals surface area contributed by atoms with Crippen LogP contribution in [0, 0.1) is 13.8 Å². The number of rotatable bonds is 2. The zero-order valence-corrected chi connectivity index (χ0v) is 8.56. The number of hydrogen-bond acceptors (Lipinski definition) is 2. The average molecular weight is 184 g/mol. The molecule has 60 valence electrons. The van der Waals surface area contributed by atoms with Gasteiger partial charge >= 0.3 is 0 Å². The fourth-order valence-corrected chi connectivity index (χ4v) is 2.76. The van der Waals surface area contributed by atoms with Crippen molar-refractivity contribution in [1.29, 1.82) is 0 Å². The minimum Gasteiger partial charge on any atom is -0.175 e. The fraction of sp³-hybridized carbons (Fsp3) is 0.333. The summed E-state index contributed by atoms with van der Waals surface area (Å²) >= 11 is 6.07. The molecule has 0 bridgehead atoms. The molecule has 0 atom stereocenters. The summed E-state index contributed by atoms with van der Waals surface area (Å²) in [6.45, 7) is 8.03. The van der Waals surface area contributed by atoms with Gasteiger partial charge in [-0.15, -0.1) is 11.3 Å². The van der Waals surface area contributed by atoms with Crippen LogP contribution in [-0.4, -0.2) is 0 Å². The van der Waals surface area contributed by atoms with E-state index in [0.717, 1.165) is 5.75 Å². The van der Waals surface area contributed by atoms with E-state index in [4.69, 9.17) is 0 Å². The van der Waals surface area contributed by atoms with Crippen molar-refractivity contribution in [3.05, 3.63) is 27.5 Å². The monoisotopic (exact) mass is 184 g/mol. The third-order valence-electron chi connectivity index (χ3n) is 1.85. The molecule has 0 saturated carbocycles. The number of aryl methyl sites for hydroxylation is 1. The van der Waals surface area contributed by atoms with Gasteiger partial charge in [0, 0.05) is 15.5 Å². The normalized spacial score (nSPS) is 10.1. The molecule has 1 aromatic heterocycles. The molecule has 1 aromatic rings. The van der Waals surface area contributed by atoms with E-state index in [1.165, 1.54) is 20.9 Å². The lowest BCUT2D eigenvalue weighted by molar-refractivity contribution is 1.32. The standard InChI is InChI=1S/C9H12S2/c1-4-9-6(2)8(5-10)7(3)11-9/h4,10H,1,5H2,2-3H3. The average Bonchev–Trinajstić information content (AvgIpc) is 2.26. The minimum atomic E-state index is 0.835. The summed E-state index contributed by atoms with van der Waals surface area (Å²) in [5, 5.41) is 0. The predicted octanol–water partition coefficient (Wildman–Crippen LogP) is 3.44. The van der Waals surface area contributed by atoms with Gasteiger partial charge in [-0.25, -0.2) is 0 Å². The molecular weight excluding hydrogens is 172 g/mol. The smallest absolute Gasteiger partial charge is 0.0299 e. The molecule has 0 saturated heterocycles. The second-order valence-electron chi connectivity index (χ2n) is 2.49. The summed E-state index contributed by atoms with van der Waals surface area (Å²) in [7, 11) is 0. The molecule has 0 radical (unpaired) electrons. The largest absolute Gasteiger partial charge is 0.175 e. The molecule has 0 unspecified atom stereocenters. The van der Waals surface area contributed by atoms with Gasteiger partial charge in [0.1, 0.15) is 0 Å². The third kappa shape index (κ3) is 1.52. The lowest BCUT2D eigenvalue weighted by Gasteiger charge is -1.94. The summed E-state index contributed by atoms with van der Waals surface area (Å²) in [4.78, 5) is 2.65. The molecule has 1 rings (SSSR count). The van der Waals surface area contributed by atoms with Gasteiger partial charge in [-0.3, -0.25) is 0 Å². The minimum absolute atomic E-state index is 0.835. The Hall–Kier alpha value is -0.210. The Morgan fingerprint density at radius 3 is 2.45 bits per heavy atom. The summed E-state index contributed by atoms with van der Waals surface area (Å²) < 4.78 is 0. The van der Waals surface area contributed by atoms with Gasteiger partial charge in [-0.1, -0.05) is 12.7 Å². The predicted molar refractivity (Wildman–Crippen MR) is 56.6 cm³/mol. The van der Waals surface area contributed by atoms with E-state index >= 15 is 0 Å². The summed E-state index contributed by atoms with van der Waals surface area (Å²) in [5.41, 5.74) is 2.71. The van der Waals surface area contributed by atoms with Crippen LogP contribution in [0.1, 0.15) is 20.9 Å². The van der Waals surface area contributed by atoms with Gasteiger partial charge in [-0.05, 0) is 25.0 Å². The van der Waals surface area contributed by atoms with Gasteiger partial charge in [-0.2, -0.15) is 12.6 Å². The maximum Gasteiger partial charge on any atom is 0.0299 e. The highest BCUT2D eigenvalue weighted by Crippen LogP contribution is 2.28. The zero-order valence-electron chi connectivity index (χ0n) is 6.85. The summed E-state index contributed by atoms with van der Waals surface area (Å²) in [5.74, 6) is 0.835. The Labute approximate surface area is 77.4 Å². The Morgan fingerprint density at radius 2 is 2.18 bits per heavy atom. The van der Waals surface area contributed by atoms with Crippen molar-refractivity contribution < 1.29 is 0 Å². The molecule has 0 amide bonds. The van der Waals surface area contributed by atoms with Crippen LogP contribution >= 0.6 is 24.0 Å². The first-order valence-electron chi connectivity index (χ1n) is 3.52. The summed E-state index contributed by atoms with van der Waals surface area (Å²) in [6.07, 6.45) is 1.92. The van der Waals surface area contributed by atoms with Crippen molar-refractivity contribution in [2.45, 2.75) is 19.6 Å². The van der Waals surface area contributed by atoms with Crippen molar-refractivity contribution in [3.8, 4) is 0 Å². The highest BCUT2D eigenvalue weighted by atomic mass is 32.1. The number of hydrogen-bond donors (Lipinski definition) is 1. The van der Waals surface area contributed by atoms with E-state index in [1.54, 1.807) is 11.3 Å². The highest BCUT2D eigenvalue weighted by Gasteiger charge is 2.07. The second kappa shape index (κ2) is 3.46. The van der Waals surface area contributed by atoms with Crippen molar-refractivity contribution in [2.24, 2.45) is 0 Å². The Kier molecular flexibility index (Phi) is 2.79. The lowest BCUT2D eigenvalue weighted by atomic mass is 10.1. The molecule has 0 aliphatic carbocycles. The third-order valence-corrected chi connectivity index (χ3v) is 3.42. The Bertz CT molecular complexity index is 271. The van der Waals surface area contributed by atoms with Gasteiger partial charge in [0.25, 0.3) is 0 Å². The fourth-order valence-electron chi connectivity index (χ4n) is 1.14. The van der Waals surface area contributed by atoms with Gasteiger partial charge in [0.2, 0.25) is 0 Å². The van der Waals surface area contributed by atoms with Gasteiger partial charge in [0.05, 0.1) is 0 Å². The molecular formula is C9H12S2. The lowest BCUT2D eigenvalue weighted by Crippen LogP contribution is -1.80. The van der Waals surface area contributed by atoms with E-state index in [0.29, 0.717) is 0 Å². The van der Waals surface area contributed by atoms with Crippen molar-refractivity contribution >= 4 is 30.0 Å². The maximum absolute atomic E-state index is 4.27. The Balaban J connectivity index is 3.24. The molecule has 0 fully saturated rings. The van der Waals surface area contributed by atoms with Crippen LogP contribution in [0.15, 0.2) is 6.58 Å². The Morgan fingerprint density at radius 1 is 1.55 bits per heavy atom. The van der Waals surface area contributed by atoms with Crippen molar-refractivity contribution in [3.63, 3.8) is 0 Å². The number of thiophene rings is 1. The quantitative estimate of drug-likeness (QED) is 0.669. The topological polar surface area (TPSA) is 0 Å². The zero-order chi connectivity index (χ0) is 8.43. The van der Waals surface area contributed by atoms with Crippen molar-refractivity contribution in [2.75, 3.05) is 0 Å². The first-order chi connectivity index (χ1) is 5.20. The molecule has 2 heteroatoms. The SMILES string of the molecule is C=Cc1sc(C)c(CS)c1C. The molecule has 11 heavy (non-hydrogen) atoms. The van der Waals surface area contributed by atoms with Crippen LogP contribution < -0.4 is 0 Å². The van der Waals surface area contributed by atoms with E-state index in [2.05, 4.69) is 33.1 Å². The molecule has 0 nitrogen and oxygen atoms in total. The molecule has 0 aliphatic rings. The van der Waals surface area contributed by atoms with Crippen LogP contribution in [0.5, 0.6) is 0 Å². The molecule has 0 spiro atoms. The first-order valence-corrected chi connectivity index (χ1v) is 4.97. The molecule has 0 aromatic carbocycles. The van der Waals surface area contributed by atoms with E-state index < -0.39 is 0 Å². The highest BCUT2D eigenvalue weighted by molar-refractivity contribution is 7.79. The van der Waals surface area contributed by atoms with E-state index in [9.17, 15) is 0 Å². The van der Waals surface area contributed by atoms with E-state index in [-0.39, 0.29) is 0 Å².